The Labute approximate surface area is 134 Å². The molecule has 21 heavy (non-hydrogen) atoms. The number of aliphatic hydroxyl groups excluding tert-OH is 1. The maximum atomic E-state index is 10.0. The van der Waals surface area contributed by atoms with Gasteiger partial charge in [-0.2, -0.15) is 0 Å². The minimum Gasteiger partial charge on any atom is -0.393 e. The Morgan fingerprint density at radius 3 is 1.62 bits per heavy atom. The van der Waals surface area contributed by atoms with E-state index in [1.54, 1.807) is 0 Å². The number of aliphatic hydroxyl groups is 1. The molecule has 0 aliphatic carbocycles. The fourth-order valence-electron chi connectivity index (χ4n) is 2.69. The van der Waals surface area contributed by atoms with Crippen molar-refractivity contribution in [3.8, 4) is 0 Å². The summed E-state index contributed by atoms with van der Waals surface area (Å²) >= 11 is 0. The number of rotatable bonds is 12. The second kappa shape index (κ2) is 10.6. The highest BCUT2D eigenvalue weighted by Crippen LogP contribution is 2.27. The van der Waals surface area contributed by atoms with Crippen LogP contribution in [0.3, 0.4) is 0 Å². The Morgan fingerprint density at radius 2 is 1.19 bits per heavy atom. The van der Waals surface area contributed by atoms with E-state index in [0.717, 1.165) is 12.8 Å². The van der Waals surface area contributed by atoms with Crippen LogP contribution in [0, 0.1) is 10.8 Å². The molecule has 0 aromatic carbocycles. The summed E-state index contributed by atoms with van der Waals surface area (Å²) in [6.45, 7) is 13.9. The van der Waals surface area contributed by atoms with Crippen LogP contribution in [-0.2, 0) is 0 Å². The lowest BCUT2D eigenvalue weighted by atomic mass is 9.84. The average molecular weight is 299 g/mol. The summed E-state index contributed by atoms with van der Waals surface area (Å²) in [5.41, 5.74) is 0.969. The van der Waals surface area contributed by atoms with Crippen LogP contribution in [0.5, 0.6) is 0 Å². The molecular formula is C20H42O. The molecule has 1 heteroatoms. The van der Waals surface area contributed by atoms with Crippen LogP contribution in [0.15, 0.2) is 0 Å². The minimum atomic E-state index is -0.0566. The number of hydrogen-bond acceptors (Lipinski definition) is 1. The van der Waals surface area contributed by atoms with Crippen LogP contribution >= 0.6 is 0 Å². The second-order valence-corrected chi connectivity index (χ2v) is 8.93. The monoisotopic (exact) mass is 298 g/mol. The van der Waals surface area contributed by atoms with Gasteiger partial charge in [0.25, 0.3) is 0 Å². The molecule has 0 heterocycles. The minimum absolute atomic E-state index is 0.0566. The first-order valence-corrected chi connectivity index (χ1v) is 9.34. The van der Waals surface area contributed by atoms with Crippen LogP contribution in [0.25, 0.3) is 0 Å². The molecule has 128 valence electrons. The van der Waals surface area contributed by atoms with Gasteiger partial charge in [-0.05, 0) is 36.5 Å². The van der Waals surface area contributed by atoms with Crippen LogP contribution in [-0.4, -0.2) is 11.2 Å². The van der Waals surface area contributed by atoms with Crippen LogP contribution < -0.4 is 0 Å². The molecule has 0 radical (unpaired) electrons. The van der Waals surface area contributed by atoms with Gasteiger partial charge in [0.1, 0.15) is 0 Å². The van der Waals surface area contributed by atoms with Gasteiger partial charge in [-0.1, -0.05) is 86.5 Å². The Morgan fingerprint density at radius 1 is 0.714 bits per heavy atom. The molecule has 0 aromatic heterocycles. The molecule has 0 rings (SSSR count). The Balaban J connectivity index is 3.41. The van der Waals surface area contributed by atoms with Crippen LogP contribution in [0.1, 0.15) is 112 Å². The van der Waals surface area contributed by atoms with Crippen molar-refractivity contribution in [1.82, 2.24) is 0 Å². The fourth-order valence-corrected chi connectivity index (χ4v) is 2.69. The maximum absolute atomic E-state index is 10.0. The van der Waals surface area contributed by atoms with E-state index in [1.807, 2.05) is 0 Å². The topological polar surface area (TPSA) is 20.2 Å². The number of hydrogen-bond donors (Lipinski definition) is 1. The van der Waals surface area contributed by atoms with Crippen molar-refractivity contribution in [2.24, 2.45) is 10.8 Å². The first-order valence-electron chi connectivity index (χ1n) is 9.34. The summed E-state index contributed by atoms with van der Waals surface area (Å²) in [6.07, 6.45) is 13.4. The molecule has 0 aliphatic rings. The van der Waals surface area contributed by atoms with Crippen molar-refractivity contribution in [2.45, 2.75) is 118 Å². The SMILES string of the molecule is CCC(C)(C)CCCCCC(O)CCCCCC(C)(C)C. The zero-order valence-electron chi connectivity index (χ0n) is 15.8. The lowest BCUT2D eigenvalue weighted by molar-refractivity contribution is 0.146. The zero-order chi connectivity index (χ0) is 16.4. The summed E-state index contributed by atoms with van der Waals surface area (Å²) in [4.78, 5) is 0. The Hall–Kier alpha value is -0.0400. The molecule has 0 spiro atoms. The molecule has 0 saturated heterocycles. The molecule has 0 saturated carbocycles. The second-order valence-electron chi connectivity index (χ2n) is 8.93. The summed E-state index contributed by atoms with van der Waals surface area (Å²) < 4.78 is 0. The van der Waals surface area contributed by atoms with E-state index < -0.39 is 0 Å². The van der Waals surface area contributed by atoms with Gasteiger partial charge >= 0.3 is 0 Å². The summed E-state index contributed by atoms with van der Waals surface area (Å²) in [6, 6.07) is 0. The van der Waals surface area contributed by atoms with Crippen LogP contribution in [0.2, 0.25) is 0 Å². The van der Waals surface area contributed by atoms with Gasteiger partial charge in [-0.3, -0.25) is 0 Å². The first kappa shape index (κ1) is 21.0. The smallest absolute Gasteiger partial charge is 0.0540 e. The van der Waals surface area contributed by atoms with Gasteiger partial charge in [0.2, 0.25) is 0 Å². The molecule has 0 amide bonds. The van der Waals surface area contributed by atoms with Crippen molar-refractivity contribution in [1.29, 1.82) is 0 Å². The quantitative estimate of drug-likeness (QED) is 0.396. The van der Waals surface area contributed by atoms with E-state index in [4.69, 9.17) is 0 Å². The van der Waals surface area contributed by atoms with E-state index in [2.05, 4.69) is 41.5 Å². The van der Waals surface area contributed by atoms with E-state index in [-0.39, 0.29) is 6.10 Å². The molecular weight excluding hydrogens is 256 g/mol. The lowest BCUT2D eigenvalue weighted by Crippen LogP contribution is -2.09. The van der Waals surface area contributed by atoms with Crippen molar-refractivity contribution in [2.75, 3.05) is 0 Å². The predicted octanol–water partition coefficient (Wildman–Crippen LogP) is 6.73. The highest BCUT2D eigenvalue weighted by molar-refractivity contribution is 4.66. The van der Waals surface area contributed by atoms with Gasteiger partial charge in [0.15, 0.2) is 0 Å². The molecule has 0 bridgehead atoms. The normalized spacial score (nSPS) is 14.4. The molecule has 0 fully saturated rings. The first-order chi connectivity index (χ1) is 9.66. The maximum Gasteiger partial charge on any atom is 0.0540 e. The van der Waals surface area contributed by atoms with Crippen LogP contribution in [0.4, 0.5) is 0 Å². The van der Waals surface area contributed by atoms with Crippen molar-refractivity contribution >= 4 is 0 Å². The molecule has 1 atom stereocenters. The zero-order valence-corrected chi connectivity index (χ0v) is 15.8. The van der Waals surface area contributed by atoms with Gasteiger partial charge < -0.3 is 5.11 Å². The predicted molar refractivity (Wildman–Crippen MR) is 95.7 cm³/mol. The average Bonchev–Trinajstić information content (AvgIpc) is 2.36. The van der Waals surface area contributed by atoms with E-state index >= 15 is 0 Å². The van der Waals surface area contributed by atoms with Gasteiger partial charge in [-0.15, -0.1) is 0 Å². The van der Waals surface area contributed by atoms with Gasteiger partial charge in [0, 0.05) is 0 Å². The third kappa shape index (κ3) is 14.7. The van der Waals surface area contributed by atoms with E-state index in [0.29, 0.717) is 10.8 Å². The van der Waals surface area contributed by atoms with E-state index in [1.165, 1.54) is 57.8 Å². The summed E-state index contributed by atoms with van der Waals surface area (Å²) in [5, 5.41) is 10.0. The van der Waals surface area contributed by atoms with Crippen molar-refractivity contribution in [3.63, 3.8) is 0 Å². The summed E-state index contributed by atoms with van der Waals surface area (Å²) in [7, 11) is 0. The highest BCUT2D eigenvalue weighted by Gasteiger charge is 2.14. The Bertz CT molecular complexity index is 237. The van der Waals surface area contributed by atoms with Gasteiger partial charge in [-0.25, -0.2) is 0 Å². The molecule has 1 nitrogen and oxygen atoms in total. The third-order valence-corrected chi connectivity index (χ3v) is 4.81. The number of unbranched alkanes of at least 4 members (excludes halogenated alkanes) is 4. The largest absolute Gasteiger partial charge is 0.393 e. The van der Waals surface area contributed by atoms with E-state index in [9.17, 15) is 5.11 Å². The molecule has 1 N–H and O–H groups in total. The standard InChI is InChI=1S/C20H42O/c1-7-20(5,6)17-13-9-11-15-18(21)14-10-8-12-16-19(2,3)4/h18,21H,7-17H2,1-6H3. The van der Waals surface area contributed by atoms with Crippen molar-refractivity contribution in [3.05, 3.63) is 0 Å². The summed E-state index contributed by atoms with van der Waals surface area (Å²) in [5.74, 6) is 0. The Kier molecular flexibility index (Phi) is 10.6. The fraction of sp³-hybridized carbons (Fsp3) is 1.00. The van der Waals surface area contributed by atoms with Gasteiger partial charge in [0.05, 0.1) is 6.10 Å². The molecule has 1 unspecified atom stereocenters. The molecule has 0 aromatic rings. The highest BCUT2D eigenvalue weighted by atomic mass is 16.3. The third-order valence-electron chi connectivity index (χ3n) is 4.81. The molecule has 0 aliphatic heterocycles. The van der Waals surface area contributed by atoms with Crippen molar-refractivity contribution < 1.29 is 5.11 Å². The lowest BCUT2D eigenvalue weighted by Gasteiger charge is -2.22.